The monoisotopic (exact) mass is 1280 g/mol. The van der Waals surface area contributed by atoms with E-state index in [1.165, 1.54) is 0 Å². The van der Waals surface area contributed by atoms with Gasteiger partial charge in [0.25, 0.3) is 0 Å². The van der Waals surface area contributed by atoms with Gasteiger partial charge < -0.3 is 19.1 Å². The van der Waals surface area contributed by atoms with Gasteiger partial charge in [-0.05, 0) is 97.5 Å². The third-order valence-electron chi connectivity index (χ3n) is 15.1. The molecule has 9 aromatic carbocycles. The molecular weight excluding hydrogens is 1210 g/mol. The Hall–Kier alpha value is -8.97. The van der Waals surface area contributed by atoms with Gasteiger partial charge in [0.05, 0.1) is 13.7 Å². The average Bonchev–Trinajstić information content (AvgIpc) is 1.60. The number of pyridine rings is 1. The van der Waals surface area contributed by atoms with Crippen LogP contribution in [0.2, 0.25) is 0 Å². The summed E-state index contributed by atoms with van der Waals surface area (Å²) in [5, 5.41) is 1.78. The van der Waals surface area contributed by atoms with Crippen molar-refractivity contribution >= 4 is 44.6 Å². The SMILES string of the molecule is [2H]c1c([2H])c([2H])c(-c2cc(C(C)(C)C)cc(-c3c([2H])c([2H])c([2H])c([2H])c3[2H])c2N2[CH-]N(c3[c-]c(Oc4[c-]c5c(cc4-c4nc(-c6ccc(C(C)(C)C)cc6)nc(-c6ccc(C(C)(C)C)cc6)n4)c4ccccc4n5-c4ccccn4)ccc3)c3ccccc32)c([2H])c1[2H].[Pt]. The van der Waals surface area contributed by atoms with E-state index in [2.05, 4.69) is 88.6 Å². The van der Waals surface area contributed by atoms with E-state index in [1.807, 2.05) is 129 Å². The van der Waals surface area contributed by atoms with E-state index in [0.717, 1.165) is 38.5 Å². The van der Waals surface area contributed by atoms with Crippen LogP contribution < -0.4 is 14.5 Å². The van der Waals surface area contributed by atoms with Crippen LogP contribution in [0.5, 0.6) is 11.5 Å². The van der Waals surface area contributed by atoms with Gasteiger partial charge in [0.2, 0.25) is 0 Å². The Morgan fingerprint density at radius 2 is 1.01 bits per heavy atom. The minimum absolute atomic E-state index is 0. The van der Waals surface area contributed by atoms with Crippen molar-refractivity contribution in [1.82, 2.24) is 24.5 Å². The first kappa shape index (κ1) is 44.6. The van der Waals surface area contributed by atoms with Crippen LogP contribution in [0, 0.1) is 18.8 Å². The van der Waals surface area contributed by atoms with E-state index in [-0.39, 0.29) is 71.3 Å². The summed E-state index contributed by atoms with van der Waals surface area (Å²) >= 11 is 0. The molecule has 418 valence electrons. The molecule has 4 heterocycles. The molecule has 0 spiro atoms. The molecule has 0 fully saturated rings. The second-order valence-electron chi connectivity index (χ2n) is 23.8. The Morgan fingerprint density at radius 1 is 0.476 bits per heavy atom. The molecule has 0 aliphatic carbocycles. The maximum absolute atomic E-state index is 9.40. The standard InChI is InChI=1S/C75H64N7O.Pt/c1-73(2,3)53-38-34-51(35-39-53)70-77-71(52-36-40-54(41-37-52)74(4,5)6)79-72(78-70)62-46-61-58-29-16-17-30-63(58)82(68-33-20-21-42-76-68)66(61)47-67(62)83-57-28-22-27-56(45-57)80-48-81(65-32-19-18-31-64(65)80)69-59(49-23-12-10-13-24-49)43-55(75(7,8)9)44-60(69)50-25-14-11-15-26-50;/h10-44,46,48H,1-9H3;/q-3;/i10D,11D,12D,13D,14D,15D,23D,24D,25D,26D;. The van der Waals surface area contributed by atoms with Crippen molar-refractivity contribution in [3.63, 3.8) is 0 Å². The zero-order chi connectivity index (χ0) is 65.9. The molecule has 13 rings (SSSR count). The van der Waals surface area contributed by atoms with Crippen molar-refractivity contribution in [3.8, 4) is 73.7 Å². The average molecular weight is 1280 g/mol. The van der Waals surface area contributed by atoms with Crippen LogP contribution in [0.25, 0.3) is 84.0 Å². The molecule has 0 amide bonds. The topological polar surface area (TPSA) is 72.2 Å². The number of rotatable bonds is 10. The molecule has 0 bridgehead atoms. The maximum atomic E-state index is 9.40. The summed E-state index contributed by atoms with van der Waals surface area (Å²) < 4.78 is 99.6. The summed E-state index contributed by atoms with van der Waals surface area (Å²) in [5.74, 6) is 2.44. The van der Waals surface area contributed by atoms with Crippen molar-refractivity contribution in [2.24, 2.45) is 0 Å². The summed E-state index contributed by atoms with van der Waals surface area (Å²) in [6, 6.07) is 50.9. The minimum Gasteiger partial charge on any atom is -0.508 e. The van der Waals surface area contributed by atoms with Crippen molar-refractivity contribution in [1.29, 1.82) is 0 Å². The van der Waals surface area contributed by atoms with Gasteiger partial charge in [0.1, 0.15) is 11.6 Å². The number of benzene rings is 9. The number of ether oxygens (including phenoxy) is 1. The van der Waals surface area contributed by atoms with Crippen LogP contribution in [0.3, 0.4) is 0 Å². The minimum atomic E-state index is -0.668. The third-order valence-corrected chi connectivity index (χ3v) is 15.1. The maximum Gasteiger partial charge on any atom is 0.162 e. The Balaban J connectivity index is 0.00000848. The zero-order valence-electron chi connectivity index (χ0n) is 57.9. The molecule has 0 saturated heterocycles. The van der Waals surface area contributed by atoms with E-state index >= 15 is 0 Å². The van der Waals surface area contributed by atoms with Gasteiger partial charge in [0.15, 0.2) is 11.6 Å². The molecule has 1 aliphatic heterocycles. The number of hydrogen-bond donors (Lipinski definition) is 0. The molecule has 0 unspecified atom stereocenters. The number of nitrogens with zero attached hydrogens (tertiary/aromatic N) is 7. The van der Waals surface area contributed by atoms with E-state index in [4.69, 9.17) is 32.9 Å². The molecule has 1 aliphatic rings. The fraction of sp³-hybridized carbons (Fsp3) is 0.160. The molecule has 3 aromatic heterocycles. The molecule has 0 radical (unpaired) electrons. The van der Waals surface area contributed by atoms with Crippen LogP contribution in [0.15, 0.2) is 218 Å². The van der Waals surface area contributed by atoms with E-state index < -0.39 is 65.8 Å². The summed E-state index contributed by atoms with van der Waals surface area (Å²) in [6.07, 6.45) is 1.75. The second-order valence-corrected chi connectivity index (χ2v) is 23.8. The van der Waals surface area contributed by atoms with Gasteiger partial charge in [0, 0.05) is 83.6 Å². The Morgan fingerprint density at radius 3 is 1.57 bits per heavy atom. The predicted octanol–water partition coefficient (Wildman–Crippen LogP) is 19.4. The largest absolute Gasteiger partial charge is 0.508 e. The zero-order valence-corrected chi connectivity index (χ0v) is 50.2. The second kappa shape index (κ2) is 22.0. The van der Waals surface area contributed by atoms with Crippen LogP contribution in [0.1, 0.15) is 92.7 Å². The first-order valence-electron chi connectivity index (χ1n) is 32.6. The van der Waals surface area contributed by atoms with Gasteiger partial charge in [-0.25, -0.2) is 19.9 Å². The normalized spacial score (nSPS) is 14.3. The van der Waals surface area contributed by atoms with Crippen molar-refractivity contribution in [2.75, 3.05) is 9.80 Å². The van der Waals surface area contributed by atoms with Gasteiger partial charge >= 0.3 is 0 Å². The molecular formula is C75H64N7OPt-3. The Kier molecular flexibility index (Phi) is 11.7. The van der Waals surface area contributed by atoms with E-state index in [9.17, 15) is 5.48 Å². The van der Waals surface area contributed by atoms with Gasteiger partial charge in [-0.2, -0.15) is 6.07 Å². The quantitative estimate of drug-likeness (QED) is 0.126. The molecule has 84 heavy (non-hydrogen) atoms. The molecule has 12 aromatic rings. The number of para-hydroxylation sites is 3. The summed E-state index contributed by atoms with van der Waals surface area (Å²) in [7, 11) is 0. The summed E-state index contributed by atoms with van der Waals surface area (Å²) in [4.78, 5) is 24.2. The fourth-order valence-corrected chi connectivity index (χ4v) is 10.6. The van der Waals surface area contributed by atoms with Gasteiger partial charge in [-0.1, -0.05) is 213 Å². The smallest absolute Gasteiger partial charge is 0.162 e. The summed E-state index contributed by atoms with van der Waals surface area (Å²) in [5.41, 5.74) is 7.64. The van der Waals surface area contributed by atoms with Crippen LogP contribution >= 0.6 is 0 Å². The summed E-state index contributed by atoms with van der Waals surface area (Å²) in [6.45, 7) is 20.7. The number of hydrogen-bond acceptors (Lipinski definition) is 7. The Bertz CT molecular complexity index is 4780. The van der Waals surface area contributed by atoms with Crippen LogP contribution in [0.4, 0.5) is 22.7 Å². The number of anilines is 4. The Labute approximate surface area is 521 Å². The molecule has 0 atom stereocenters. The fourth-order valence-electron chi connectivity index (χ4n) is 10.6. The van der Waals surface area contributed by atoms with Crippen molar-refractivity contribution in [3.05, 3.63) is 254 Å². The van der Waals surface area contributed by atoms with Gasteiger partial charge in [-0.3, -0.25) is 0 Å². The van der Waals surface area contributed by atoms with Crippen LogP contribution in [-0.4, -0.2) is 24.5 Å². The molecule has 9 heteroatoms. The van der Waals surface area contributed by atoms with Gasteiger partial charge in [-0.15, -0.1) is 48.1 Å². The number of aromatic nitrogens is 5. The predicted molar refractivity (Wildman–Crippen MR) is 341 cm³/mol. The van der Waals surface area contributed by atoms with E-state index in [0.29, 0.717) is 57.0 Å². The van der Waals surface area contributed by atoms with Crippen LogP contribution in [-0.2, 0) is 37.3 Å². The first-order valence-corrected chi connectivity index (χ1v) is 27.6. The molecule has 8 nitrogen and oxygen atoms in total. The van der Waals surface area contributed by atoms with E-state index in [1.54, 1.807) is 36.0 Å². The molecule has 0 saturated carbocycles. The number of fused-ring (bicyclic) bond motifs is 4. The molecule has 0 N–H and O–H groups in total. The van der Waals surface area contributed by atoms with Crippen molar-refractivity contribution in [2.45, 2.75) is 78.6 Å². The first-order chi connectivity index (χ1) is 44.2. The third kappa shape index (κ3) is 10.6. The van der Waals surface area contributed by atoms with Crippen molar-refractivity contribution < 1.29 is 39.5 Å².